The maximum absolute atomic E-state index is 13.2. The van der Waals surface area contributed by atoms with Gasteiger partial charge in [-0.25, -0.2) is 0 Å². The van der Waals surface area contributed by atoms with Crippen LogP contribution < -0.4 is 0 Å². The highest BCUT2D eigenvalue weighted by Crippen LogP contribution is 2.33. The molecule has 1 saturated carbocycles. The van der Waals surface area contributed by atoms with Gasteiger partial charge in [0.15, 0.2) is 5.76 Å². The zero-order valence-corrected chi connectivity index (χ0v) is 14.4. The Morgan fingerprint density at radius 1 is 1.20 bits per heavy atom. The second-order valence-corrected chi connectivity index (χ2v) is 6.68. The number of carbonyl (C=O) groups excluding carboxylic acids is 1. The molecule has 1 aromatic carbocycles. The number of furan rings is 1. The Hall–Kier alpha value is -2.11. The van der Waals surface area contributed by atoms with Crippen LogP contribution in [0.1, 0.15) is 29.8 Å². The van der Waals surface area contributed by atoms with Crippen LogP contribution in [-0.4, -0.2) is 49.3 Å². The summed E-state index contributed by atoms with van der Waals surface area (Å²) in [6.45, 7) is 1.16. The Morgan fingerprint density at radius 2 is 2.04 bits per heavy atom. The molecule has 0 N–H and O–H groups in total. The third kappa shape index (κ3) is 3.10. The van der Waals surface area contributed by atoms with Crippen molar-refractivity contribution in [2.24, 2.45) is 0 Å². The van der Waals surface area contributed by atoms with Crippen LogP contribution in [0.2, 0.25) is 0 Å². The van der Waals surface area contributed by atoms with Gasteiger partial charge >= 0.3 is 0 Å². The number of benzene rings is 1. The van der Waals surface area contributed by atoms with Gasteiger partial charge in [0, 0.05) is 19.2 Å². The molecule has 132 valence electrons. The van der Waals surface area contributed by atoms with Crippen molar-refractivity contribution in [1.82, 2.24) is 4.90 Å². The van der Waals surface area contributed by atoms with E-state index in [0.717, 1.165) is 30.4 Å². The molecule has 5 heteroatoms. The van der Waals surface area contributed by atoms with Gasteiger partial charge in [-0.05, 0) is 30.9 Å². The Kier molecular flexibility index (Phi) is 4.59. The molecule has 4 rings (SSSR count). The fourth-order valence-electron chi connectivity index (χ4n) is 3.99. The largest absolute Gasteiger partial charge is 0.459 e. The lowest BCUT2D eigenvalue weighted by atomic mass is 9.87. The van der Waals surface area contributed by atoms with E-state index >= 15 is 0 Å². The highest BCUT2D eigenvalue weighted by molar-refractivity contribution is 5.98. The number of hydrogen-bond donors (Lipinski definition) is 0. The minimum Gasteiger partial charge on any atom is -0.459 e. The third-order valence-corrected chi connectivity index (χ3v) is 5.31. The molecule has 5 nitrogen and oxygen atoms in total. The Morgan fingerprint density at radius 3 is 2.84 bits per heavy atom. The molecular formula is C20H23NO4. The van der Waals surface area contributed by atoms with Crippen molar-refractivity contribution in [2.45, 2.75) is 37.5 Å². The van der Waals surface area contributed by atoms with E-state index in [9.17, 15) is 4.79 Å². The van der Waals surface area contributed by atoms with E-state index in [0.29, 0.717) is 18.9 Å². The first-order chi connectivity index (χ1) is 12.3. The molecule has 1 aromatic heterocycles. The van der Waals surface area contributed by atoms with Gasteiger partial charge < -0.3 is 18.8 Å². The number of morpholine rings is 1. The molecule has 0 spiro atoms. The molecule has 0 bridgehead atoms. The van der Waals surface area contributed by atoms with Crippen LogP contribution in [0.3, 0.4) is 0 Å². The second-order valence-electron chi connectivity index (χ2n) is 6.68. The normalized spacial score (nSPS) is 26.3. The van der Waals surface area contributed by atoms with E-state index in [2.05, 4.69) is 0 Å². The molecule has 0 radical (unpaired) electrons. The number of nitrogens with zero attached hydrogens (tertiary/aromatic N) is 1. The smallest absolute Gasteiger partial charge is 0.290 e. The fourth-order valence-corrected chi connectivity index (χ4v) is 3.99. The van der Waals surface area contributed by atoms with Crippen molar-refractivity contribution in [3.8, 4) is 11.1 Å². The predicted molar refractivity (Wildman–Crippen MR) is 93.4 cm³/mol. The molecular weight excluding hydrogens is 318 g/mol. The maximum Gasteiger partial charge on any atom is 0.290 e. The van der Waals surface area contributed by atoms with Crippen LogP contribution in [0, 0.1) is 0 Å². The van der Waals surface area contributed by atoms with Gasteiger partial charge in [-0.15, -0.1) is 0 Å². The summed E-state index contributed by atoms with van der Waals surface area (Å²) in [6.07, 6.45) is 4.59. The first kappa shape index (κ1) is 16.4. The van der Waals surface area contributed by atoms with E-state index in [1.807, 2.05) is 41.3 Å². The molecule has 2 heterocycles. The Labute approximate surface area is 147 Å². The van der Waals surface area contributed by atoms with Gasteiger partial charge in [0.2, 0.25) is 0 Å². The van der Waals surface area contributed by atoms with Crippen molar-refractivity contribution >= 4 is 5.91 Å². The summed E-state index contributed by atoms with van der Waals surface area (Å²) >= 11 is 0. The van der Waals surface area contributed by atoms with Crippen molar-refractivity contribution in [3.63, 3.8) is 0 Å². The minimum atomic E-state index is -0.0566. The molecule has 2 aromatic rings. The zero-order valence-electron chi connectivity index (χ0n) is 14.4. The van der Waals surface area contributed by atoms with E-state index in [4.69, 9.17) is 13.9 Å². The summed E-state index contributed by atoms with van der Waals surface area (Å²) in [6, 6.07) is 11.8. The van der Waals surface area contributed by atoms with Crippen LogP contribution in [-0.2, 0) is 9.47 Å². The molecule has 1 aliphatic carbocycles. The first-order valence-electron chi connectivity index (χ1n) is 8.86. The topological polar surface area (TPSA) is 51.9 Å². The molecule has 1 saturated heterocycles. The second kappa shape index (κ2) is 7.02. The van der Waals surface area contributed by atoms with E-state index < -0.39 is 0 Å². The Bertz CT molecular complexity index is 726. The first-order valence-corrected chi connectivity index (χ1v) is 8.86. The number of fused-ring (bicyclic) bond motifs is 1. The lowest BCUT2D eigenvalue weighted by Crippen LogP contribution is -2.56. The maximum atomic E-state index is 13.2. The average molecular weight is 341 g/mol. The summed E-state index contributed by atoms with van der Waals surface area (Å²) in [7, 11) is 1.74. The van der Waals surface area contributed by atoms with Gasteiger partial charge in [0.25, 0.3) is 5.91 Å². The van der Waals surface area contributed by atoms with Gasteiger partial charge in [-0.3, -0.25) is 4.79 Å². The molecule has 3 atom stereocenters. The van der Waals surface area contributed by atoms with E-state index in [1.165, 1.54) is 0 Å². The molecule has 1 amide bonds. The summed E-state index contributed by atoms with van der Waals surface area (Å²) in [5, 5.41) is 0. The number of rotatable bonds is 3. The van der Waals surface area contributed by atoms with Crippen LogP contribution in [0.4, 0.5) is 0 Å². The number of carbonyl (C=O) groups is 1. The molecule has 0 unspecified atom stereocenters. The van der Waals surface area contributed by atoms with Gasteiger partial charge in [-0.2, -0.15) is 0 Å². The van der Waals surface area contributed by atoms with Crippen molar-refractivity contribution in [3.05, 3.63) is 48.4 Å². The standard InChI is InChI=1S/C20H23NO4/c1-23-15-7-8-18-17(13-15)21(10-12-24-18)20(22)19-16(9-11-25-19)14-5-3-2-4-6-14/h2-6,9,11,15,17-18H,7-8,10,12-13H2,1H3/t15-,17-,18+/m1/s1. The van der Waals surface area contributed by atoms with Gasteiger partial charge in [0.1, 0.15) is 0 Å². The highest BCUT2D eigenvalue weighted by atomic mass is 16.5. The monoisotopic (exact) mass is 341 g/mol. The van der Waals surface area contributed by atoms with Crippen LogP contribution in [0.25, 0.3) is 11.1 Å². The van der Waals surface area contributed by atoms with Gasteiger partial charge in [-0.1, -0.05) is 30.3 Å². The highest BCUT2D eigenvalue weighted by Gasteiger charge is 2.41. The Balaban J connectivity index is 1.61. The summed E-state index contributed by atoms with van der Waals surface area (Å²) in [5.74, 6) is 0.352. The zero-order chi connectivity index (χ0) is 17.2. The number of ether oxygens (including phenoxy) is 2. The number of methoxy groups -OCH3 is 1. The van der Waals surface area contributed by atoms with Crippen LogP contribution >= 0.6 is 0 Å². The van der Waals surface area contributed by atoms with Crippen LogP contribution in [0.5, 0.6) is 0 Å². The van der Waals surface area contributed by atoms with E-state index in [1.54, 1.807) is 13.4 Å². The third-order valence-electron chi connectivity index (χ3n) is 5.31. The summed E-state index contributed by atoms with van der Waals surface area (Å²) in [4.78, 5) is 15.2. The minimum absolute atomic E-state index is 0.0497. The van der Waals surface area contributed by atoms with Gasteiger partial charge in [0.05, 0.1) is 31.1 Å². The fraction of sp³-hybridized carbons (Fsp3) is 0.450. The summed E-state index contributed by atoms with van der Waals surface area (Å²) < 4.78 is 17.0. The number of amides is 1. The predicted octanol–water partition coefficient (Wildman–Crippen LogP) is 3.36. The average Bonchev–Trinajstić information content (AvgIpc) is 3.17. The number of hydrogen-bond acceptors (Lipinski definition) is 4. The SMILES string of the molecule is CO[C@@H]1CC[C@@H]2OCCN(C(=O)c3occc3-c3ccccc3)[C@@H]2C1. The molecule has 25 heavy (non-hydrogen) atoms. The summed E-state index contributed by atoms with van der Waals surface area (Å²) in [5.41, 5.74) is 1.83. The van der Waals surface area contributed by atoms with E-state index in [-0.39, 0.29) is 24.2 Å². The molecule has 2 fully saturated rings. The quantitative estimate of drug-likeness (QED) is 0.859. The molecule has 2 aliphatic rings. The lowest BCUT2D eigenvalue weighted by Gasteiger charge is -2.45. The van der Waals surface area contributed by atoms with Crippen molar-refractivity contribution in [1.29, 1.82) is 0 Å². The lowest BCUT2D eigenvalue weighted by molar-refractivity contribution is -0.101. The van der Waals surface area contributed by atoms with Crippen molar-refractivity contribution < 1.29 is 18.7 Å². The van der Waals surface area contributed by atoms with Crippen LogP contribution in [0.15, 0.2) is 47.1 Å². The molecule has 1 aliphatic heterocycles. The van der Waals surface area contributed by atoms with Crippen molar-refractivity contribution in [2.75, 3.05) is 20.3 Å².